The molecular formula is C26H30N2O2S. The minimum Gasteiger partial charge on any atom is -0.354 e. The Morgan fingerprint density at radius 2 is 1.84 bits per heavy atom. The third-order valence-corrected chi connectivity index (χ3v) is 7.58. The lowest BCUT2D eigenvalue weighted by Crippen LogP contribution is -2.54. The highest BCUT2D eigenvalue weighted by molar-refractivity contribution is 8.04. The molecule has 2 aliphatic rings. The van der Waals surface area contributed by atoms with Crippen molar-refractivity contribution < 1.29 is 9.59 Å². The van der Waals surface area contributed by atoms with Crippen molar-refractivity contribution in [3.8, 4) is 0 Å². The second-order valence-electron chi connectivity index (χ2n) is 8.39. The summed E-state index contributed by atoms with van der Waals surface area (Å²) in [6, 6.07) is 18.4. The van der Waals surface area contributed by atoms with Gasteiger partial charge in [-0.1, -0.05) is 67.4 Å². The van der Waals surface area contributed by atoms with E-state index >= 15 is 0 Å². The SMILES string of the molecule is Cc1ccccc1/C=C1\SC2CCCCC2N(CC(=O)NCCc2ccccc2)C1=O. The molecule has 1 N–H and O–H groups in total. The first kappa shape index (κ1) is 21.7. The number of carbonyl (C=O) groups is 2. The second-order valence-corrected chi connectivity index (χ2v) is 9.67. The average Bonchev–Trinajstić information content (AvgIpc) is 2.79. The predicted molar refractivity (Wildman–Crippen MR) is 128 cm³/mol. The van der Waals surface area contributed by atoms with Crippen molar-refractivity contribution in [2.75, 3.05) is 13.1 Å². The number of nitrogens with zero attached hydrogens (tertiary/aromatic N) is 1. The lowest BCUT2D eigenvalue weighted by Gasteiger charge is -2.43. The topological polar surface area (TPSA) is 49.4 Å². The molecule has 2 unspecified atom stereocenters. The number of thioether (sulfide) groups is 1. The van der Waals surface area contributed by atoms with E-state index in [1.165, 1.54) is 12.0 Å². The van der Waals surface area contributed by atoms with Crippen molar-refractivity contribution in [3.05, 3.63) is 76.2 Å². The number of nitrogens with one attached hydrogen (secondary N) is 1. The molecule has 0 bridgehead atoms. The Morgan fingerprint density at radius 1 is 1.10 bits per heavy atom. The van der Waals surface area contributed by atoms with Crippen molar-refractivity contribution in [2.45, 2.75) is 50.3 Å². The monoisotopic (exact) mass is 434 g/mol. The van der Waals surface area contributed by atoms with Crippen LogP contribution in [0.2, 0.25) is 0 Å². The summed E-state index contributed by atoms with van der Waals surface area (Å²) in [4.78, 5) is 28.7. The van der Waals surface area contributed by atoms with E-state index in [2.05, 4.69) is 30.4 Å². The van der Waals surface area contributed by atoms with Crippen LogP contribution in [-0.4, -0.2) is 41.1 Å². The molecule has 5 heteroatoms. The molecule has 1 aliphatic carbocycles. The molecule has 31 heavy (non-hydrogen) atoms. The van der Waals surface area contributed by atoms with Crippen LogP contribution in [0.5, 0.6) is 0 Å². The average molecular weight is 435 g/mol. The molecule has 1 saturated carbocycles. The fraction of sp³-hybridized carbons (Fsp3) is 0.385. The first-order chi connectivity index (χ1) is 15.1. The largest absolute Gasteiger partial charge is 0.354 e. The van der Waals surface area contributed by atoms with Crippen LogP contribution in [0.25, 0.3) is 6.08 Å². The van der Waals surface area contributed by atoms with Crippen molar-refractivity contribution in [2.24, 2.45) is 0 Å². The molecular weight excluding hydrogens is 404 g/mol. The molecule has 2 amide bonds. The van der Waals surface area contributed by atoms with Crippen molar-refractivity contribution in [3.63, 3.8) is 0 Å². The first-order valence-electron chi connectivity index (χ1n) is 11.2. The maximum Gasteiger partial charge on any atom is 0.261 e. The third kappa shape index (κ3) is 5.40. The van der Waals surface area contributed by atoms with E-state index in [4.69, 9.17) is 0 Å². The summed E-state index contributed by atoms with van der Waals surface area (Å²) in [6.07, 6.45) is 7.20. The molecule has 1 saturated heterocycles. The predicted octanol–water partition coefficient (Wildman–Crippen LogP) is 4.58. The maximum atomic E-state index is 13.4. The van der Waals surface area contributed by atoms with Gasteiger partial charge in [0.2, 0.25) is 5.91 Å². The molecule has 2 aromatic carbocycles. The zero-order chi connectivity index (χ0) is 21.6. The van der Waals surface area contributed by atoms with Gasteiger partial charge in [0, 0.05) is 17.8 Å². The number of benzene rings is 2. The minimum absolute atomic E-state index is 0.00499. The highest BCUT2D eigenvalue weighted by Crippen LogP contribution is 2.42. The van der Waals surface area contributed by atoms with E-state index in [1.54, 1.807) is 11.8 Å². The normalized spacial score (nSPS) is 22.3. The van der Waals surface area contributed by atoms with Crippen LogP contribution in [0.4, 0.5) is 0 Å². The quantitative estimate of drug-likeness (QED) is 0.677. The van der Waals surface area contributed by atoms with Gasteiger partial charge in [0.25, 0.3) is 5.91 Å². The summed E-state index contributed by atoms with van der Waals surface area (Å²) in [7, 11) is 0. The second kappa shape index (κ2) is 10.2. The lowest BCUT2D eigenvalue weighted by molar-refractivity contribution is -0.135. The van der Waals surface area contributed by atoms with Gasteiger partial charge < -0.3 is 10.2 Å². The van der Waals surface area contributed by atoms with Gasteiger partial charge in [-0.05, 0) is 49.0 Å². The summed E-state index contributed by atoms with van der Waals surface area (Å²) in [5.74, 6) is -0.0784. The highest BCUT2D eigenvalue weighted by Gasteiger charge is 2.41. The van der Waals surface area contributed by atoms with E-state index in [0.717, 1.165) is 41.7 Å². The maximum absolute atomic E-state index is 13.4. The molecule has 2 aromatic rings. The Labute approximate surface area is 189 Å². The van der Waals surface area contributed by atoms with Gasteiger partial charge in [0.15, 0.2) is 0 Å². The molecule has 0 radical (unpaired) electrons. The van der Waals surface area contributed by atoms with Crippen molar-refractivity contribution in [1.82, 2.24) is 10.2 Å². The van der Waals surface area contributed by atoms with Crippen molar-refractivity contribution >= 4 is 29.7 Å². The zero-order valence-corrected chi connectivity index (χ0v) is 18.9. The molecule has 1 heterocycles. The molecule has 2 atom stereocenters. The van der Waals surface area contributed by atoms with Gasteiger partial charge >= 0.3 is 0 Å². The highest BCUT2D eigenvalue weighted by atomic mass is 32.2. The fourth-order valence-electron chi connectivity index (χ4n) is 4.45. The van der Waals surface area contributed by atoms with Crippen LogP contribution in [0, 0.1) is 6.92 Å². The van der Waals surface area contributed by atoms with Gasteiger partial charge in [0.05, 0.1) is 4.91 Å². The third-order valence-electron chi connectivity index (χ3n) is 6.19. The molecule has 4 nitrogen and oxygen atoms in total. The van der Waals surface area contributed by atoms with Gasteiger partial charge in [-0.25, -0.2) is 0 Å². The summed E-state index contributed by atoms with van der Waals surface area (Å²) < 4.78 is 0. The van der Waals surface area contributed by atoms with Crippen LogP contribution < -0.4 is 5.32 Å². The van der Waals surface area contributed by atoms with Crippen LogP contribution in [0.1, 0.15) is 42.4 Å². The number of rotatable bonds is 6. The Bertz CT molecular complexity index is 957. The molecule has 4 rings (SSSR count). The van der Waals surface area contributed by atoms with Gasteiger partial charge in [0.1, 0.15) is 6.54 Å². The molecule has 162 valence electrons. The summed E-state index contributed by atoms with van der Waals surface area (Å²) in [5, 5.41) is 3.38. The first-order valence-corrected chi connectivity index (χ1v) is 12.1. The van der Waals surface area contributed by atoms with E-state index < -0.39 is 0 Å². The Morgan fingerprint density at radius 3 is 2.65 bits per heavy atom. The summed E-state index contributed by atoms with van der Waals surface area (Å²) in [6.45, 7) is 2.78. The van der Waals surface area contributed by atoms with Crippen LogP contribution in [0.3, 0.4) is 0 Å². The number of amides is 2. The smallest absolute Gasteiger partial charge is 0.261 e. The van der Waals surface area contributed by atoms with Crippen LogP contribution >= 0.6 is 11.8 Å². The minimum atomic E-state index is -0.0734. The summed E-state index contributed by atoms with van der Waals surface area (Å²) >= 11 is 1.71. The molecule has 2 fully saturated rings. The Hall–Kier alpha value is -2.53. The number of hydrogen-bond acceptors (Lipinski definition) is 3. The van der Waals surface area contributed by atoms with E-state index in [9.17, 15) is 9.59 Å². The standard InChI is InChI=1S/C26H30N2O2S/c1-19-9-5-6-12-21(19)17-24-26(30)28(22-13-7-8-14-23(22)31-24)18-25(29)27-16-15-20-10-3-2-4-11-20/h2-6,9-12,17,22-23H,7-8,13-16,18H2,1H3,(H,27,29)/b24-17-. The Kier molecular flexibility index (Phi) is 7.13. The molecule has 0 spiro atoms. The van der Waals surface area contributed by atoms with Crippen LogP contribution in [0.15, 0.2) is 59.5 Å². The number of hydrogen-bond donors (Lipinski definition) is 1. The van der Waals surface area contributed by atoms with E-state index in [1.807, 2.05) is 47.4 Å². The number of fused-ring (bicyclic) bond motifs is 1. The molecule has 0 aromatic heterocycles. The zero-order valence-electron chi connectivity index (χ0n) is 18.0. The number of aryl methyl sites for hydroxylation is 1. The van der Waals surface area contributed by atoms with Gasteiger partial charge in [-0.2, -0.15) is 0 Å². The Balaban J connectivity index is 1.45. The van der Waals surface area contributed by atoms with Gasteiger partial charge in [-0.15, -0.1) is 11.8 Å². The lowest BCUT2D eigenvalue weighted by atomic mass is 9.93. The van der Waals surface area contributed by atoms with Crippen molar-refractivity contribution in [1.29, 1.82) is 0 Å². The van der Waals surface area contributed by atoms with E-state index in [-0.39, 0.29) is 24.4 Å². The van der Waals surface area contributed by atoms with E-state index in [0.29, 0.717) is 11.8 Å². The van der Waals surface area contributed by atoms with Gasteiger partial charge in [-0.3, -0.25) is 9.59 Å². The fourth-order valence-corrected chi connectivity index (χ4v) is 5.92. The summed E-state index contributed by atoms with van der Waals surface area (Å²) in [5.41, 5.74) is 3.42. The van der Waals surface area contributed by atoms with Crippen LogP contribution in [-0.2, 0) is 16.0 Å². The number of carbonyl (C=O) groups excluding carboxylic acids is 2. The molecule has 1 aliphatic heterocycles.